The predicted molar refractivity (Wildman–Crippen MR) is 73.5 cm³/mol. The first-order chi connectivity index (χ1) is 10.1. The van der Waals surface area contributed by atoms with Gasteiger partial charge < -0.3 is 5.32 Å². The summed E-state index contributed by atoms with van der Waals surface area (Å²) >= 11 is 0. The summed E-state index contributed by atoms with van der Waals surface area (Å²) < 4.78 is 0. The summed E-state index contributed by atoms with van der Waals surface area (Å²) in [6.07, 6.45) is 8.15. The minimum atomic E-state index is -0.731. The monoisotopic (exact) mass is 285 g/mol. The Morgan fingerprint density at radius 2 is 2.24 bits per heavy atom. The molecule has 1 unspecified atom stereocenters. The number of aromatic amines is 1. The van der Waals surface area contributed by atoms with Crippen molar-refractivity contribution in [1.82, 2.24) is 15.1 Å². The summed E-state index contributed by atoms with van der Waals surface area (Å²) in [6.45, 7) is -0.387. The van der Waals surface area contributed by atoms with Crippen LogP contribution in [0.3, 0.4) is 0 Å². The molecule has 2 aliphatic rings. The Labute approximate surface area is 119 Å². The standard InChI is InChI=1S/C13H11N5O3/c19-11(16-10-5-6-14-17-10)7-18-12(20)8-3-1-2-4-9(8)15-13(18)21/h1-6,8H,7H2,(H2,14,16,17,19). The number of allylic oxidation sites excluding steroid dienone is 3. The molecule has 3 rings (SSSR count). The minimum Gasteiger partial charge on any atom is -0.310 e. The van der Waals surface area contributed by atoms with Crippen molar-refractivity contribution >= 4 is 29.4 Å². The van der Waals surface area contributed by atoms with Crippen molar-refractivity contribution in [2.24, 2.45) is 10.9 Å². The van der Waals surface area contributed by atoms with Crippen molar-refractivity contribution in [2.75, 3.05) is 11.9 Å². The fourth-order valence-corrected chi connectivity index (χ4v) is 2.08. The molecule has 0 fully saturated rings. The quantitative estimate of drug-likeness (QED) is 0.842. The van der Waals surface area contributed by atoms with Gasteiger partial charge in [0.05, 0.1) is 17.8 Å². The first-order valence-corrected chi connectivity index (χ1v) is 6.23. The van der Waals surface area contributed by atoms with Gasteiger partial charge in [0, 0.05) is 6.07 Å². The maximum absolute atomic E-state index is 12.2. The number of aromatic nitrogens is 2. The Hall–Kier alpha value is -3.03. The highest BCUT2D eigenvalue weighted by atomic mass is 16.2. The van der Waals surface area contributed by atoms with Crippen LogP contribution in [0.4, 0.5) is 10.6 Å². The number of anilines is 1. The summed E-state index contributed by atoms with van der Waals surface area (Å²) in [5.74, 6) is -1.17. The molecule has 106 valence electrons. The minimum absolute atomic E-state index is 0.387. The van der Waals surface area contributed by atoms with E-state index in [2.05, 4.69) is 20.5 Å². The SMILES string of the molecule is O=C(CN1C(=O)N=C2C=CC=CC2C1=O)Nc1ccn[nH]1. The van der Waals surface area contributed by atoms with E-state index in [0.29, 0.717) is 11.5 Å². The average Bonchev–Trinajstić information content (AvgIpc) is 2.96. The Kier molecular flexibility index (Phi) is 3.19. The first kappa shape index (κ1) is 13.0. The molecule has 8 nitrogen and oxygen atoms in total. The van der Waals surface area contributed by atoms with Crippen LogP contribution in [0.2, 0.25) is 0 Å². The van der Waals surface area contributed by atoms with Crippen molar-refractivity contribution in [3.05, 3.63) is 36.6 Å². The highest BCUT2D eigenvalue weighted by molar-refractivity contribution is 6.22. The van der Waals surface area contributed by atoms with Crippen LogP contribution in [0.25, 0.3) is 0 Å². The maximum atomic E-state index is 12.2. The number of nitrogens with one attached hydrogen (secondary N) is 2. The van der Waals surface area contributed by atoms with Crippen molar-refractivity contribution < 1.29 is 14.4 Å². The van der Waals surface area contributed by atoms with Gasteiger partial charge in [0.15, 0.2) is 0 Å². The molecule has 2 N–H and O–H groups in total. The van der Waals surface area contributed by atoms with E-state index in [1.165, 1.54) is 6.20 Å². The zero-order valence-corrected chi connectivity index (χ0v) is 10.8. The molecule has 1 aromatic rings. The lowest BCUT2D eigenvalue weighted by Crippen LogP contribution is -2.49. The van der Waals surface area contributed by atoms with Crippen LogP contribution in [-0.2, 0) is 9.59 Å². The Morgan fingerprint density at radius 1 is 1.38 bits per heavy atom. The van der Waals surface area contributed by atoms with Gasteiger partial charge in [-0.25, -0.2) is 4.79 Å². The number of nitrogens with zero attached hydrogens (tertiary/aromatic N) is 3. The number of carbonyl (C=O) groups excluding carboxylic acids is 3. The lowest BCUT2D eigenvalue weighted by molar-refractivity contribution is -0.132. The highest BCUT2D eigenvalue weighted by Crippen LogP contribution is 2.19. The number of fused-ring (bicyclic) bond motifs is 1. The van der Waals surface area contributed by atoms with Gasteiger partial charge >= 0.3 is 6.03 Å². The van der Waals surface area contributed by atoms with Crippen LogP contribution < -0.4 is 5.32 Å². The van der Waals surface area contributed by atoms with Gasteiger partial charge in [-0.3, -0.25) is 19.6 Å². The van der Waals surface area contributed by atoms with E-state index < -0.39 is 23.8 Å². The molecular weight excluding hydrogens is 274 g/mol. The lowest BCUT2D eigenvalue weighted by Gasteiger charge is -2.27. The third kappa shape index (κ3) is 2.50. The van der Waals surface area contributed by atoms with Gasteiger partial charge in [-0.15, -0.1) is 0 Å². The van der Waals surface area contributed by atoms with Crippen LogP contribution in [-0.4, -0.2) is 45.2 Å². The molecule has 0 aromatic carbocycles. The number of rotatable bonds is 3. The zero-order valence-electron chi connectivity index (χ0n) is 10.8. The predicted octanol–water partition coefficient (Wildman–Crippen LogP) is 0.494. The Morgan fingerprint density at radius 3 is 3.00 bits per heavy atom. The fourth-order valence-electron chi connectivity index (χ4n) is 2.08. The molecule has 0 bridgehead atoms. The summed E-state index contributed by atoms with van der Waals surface area (Å²) in [6, 6.07) is 0.828. The normalized spacial score (nSPS) is 20.3. The van der Waals surface area contributed by atoms with Crippen molar-refractivity contribution in [2.45, 2.75) is 0 Å². The van der Waals surface area contributed by atoms with Crippen LogP contribution in [0.15, 0.2) is 41.6 Å². The van der Waals surface area contributed by atoms with E-state index >= 15 is 0 Å². The second-order valence-corrected chi connectivity index (χ2v) is 4.48. The number of H-pyrrole nitrogens is 1. The van der Waals surface area contributed by atoms with E-state index in [4.69, 9.17) is 0 Å². The van der Waals surface area contributed by atoms with E-state index in [9.17, 15) is 14.4 Å². The first-order valence-electron chi connectivity index (χ1n) is 6.23. The number of urea groups is 1. The van der Waals surface area contributed by atoms with Gasteiger partial charge in [0.1, 0.15) is 12.4 Å². The second kappa shape index (κ2) is 5.16. The molecule has 0 saturated carbocycles. The van der Waals surface area contributed by atoms with E-state index in [1.54, 1.807) is 30.4 Å². The number of imide groups is 1. The van der Waals surface area contributed by atoms with Crippen molar-refractivity contribution in [3.8, 4) is 0 Å². The molecule has 0 saturated heterocycles. The molecule has 2 heterocycles. The second-order valence-electron chi connectivity index (χ2n) is 4.48. The Balaban J connectivity index is 1.73. The molecule has 1 aromatic heterocycles. The molecule has 0 radical (unpaired) electrons. The van der Waals surface area contributed by atoms with Crippen LogP contribution in [0.1, 0.15) is 0 Å². The number of carbonyl (C=O) groups is 3. The topological polar surface area (TPSA) is 108 Å². The molecular formula is C13H11N5O3. The lowest BCUT2D eigenvalue weighted by atomic mass is 9.95. The average molecular weight is 285 g/mol. The van der Waals surface area contributed by atoms with Gasteiger partial charge in [0.2, 0.25) is 11.8 Å². The largest absolute Gasteiger partial charge is 0.351 e. The smallest absolute Gasteiger partial charge is 0.310 e. The van der Waals surface area contributed by atoms with E-state index in [1.807, 2.05) is 0 Å². The summed E-state index contributed by atoms with van der Waals surface area (Å²) in [5.41, 5.74) is 0.401. The van der Waals surface area contributed by atoms with E-state index in [-0.39, 0.29) is 6.54 Å². The van der Waals surface area contributed by atoms with Crippen LogP contribution >= 0.6 is 0 Å². The van der Waals surface area contributed by atoms with E-state index in [0.717, 1.165) is 4.90 Å². The third-order valence-corrected chi connectivity index (χ3v) is 3.06. The number of hydrogen-bond donors (Lipinski definition) is 2. The van der Waals surface area contributed by atoms with Crippen molar-refractivity contribution in [3.63, 3.8) is 0 Å². The number of amides is 4. The summed E-state index contributed by atoms with van der Waals surface area (Å²) in [7, 11) is 0. The van der Waals surface area contributed by atoms with Crippen LogP contribution in [0.5, 0.6) is 0 Å². The van der Waals surface area contributed by atoms with Crippen molar-refractivity contribution in [1.29, 1.82) is 0 Å². The molecule has 1 aliphatic heterocycles. The molecule has 21 heavy (non-hydrogen) atoms. The van der Waals surface area contributed by atoms with Gasteiger partial charge in [-0.1, -0.05) is 18.2 Å². The highest BCUT2D eigenvalue weighted by Gasteiger charge is 2.36. The summed E-state index contributed by atoms with van der Waals surface area (Å²) in [4.78, 5) is 40.6. The molecule has 4 amide bonds. The van der Waals surface area contributed by atoms with Gasteiger partial charge in [0.25, 0.3) is 0 Å². The zero-order chi connectivity index (χ0) is 14.8. The van der Waals surface area contributed by atoms with Gasteiger partial charge in [-0.2, -0.15) is 10.1 Å². The van der Waals surface area contributed by atoms with Crippen LogP contribution in [0, 0.1) is 5.92 Å². The fraction of sp³-hybridized carbons (Fsp3) is 0.154. The molecule has 8 heteroatoms. The molecule has 0 spiro atoms. The number of hydrogen-bond acceptors (Lipinski definition) is 4. The maximum Gasteiger partial charge on any atom is 0.351 e. The Bertz CT molecular complexity index is 687. The third-order valence-electron chi connectivity index (χ3n) is 3.06. The summed E-state index contributed by atoms with van der Waals surface area (Å²) in [5, 5.41) is 8.73. The molecule has 1 aliphatic carbocycles. The molecule has 1 atom stereocenters. The number of aliphatic imine (C=N–C) groups is 1. The van der Waals surface area contributed by atoms with Gasteiger partial charge in [-0.05, 0) is 6.08 Å².